The van der Waals surface area contributed by atoms with Gasteiger partial charge in [-0.1, -0.05) is 60.7 Å². The molecule has 0 unspecified atom stereocenters. The van der Waals surface area contributed by atoms with Crippen LogP contribution in [-0.4, -0.2) is 45.3 Å². The fourth-order valence-corrected chi connectivity index (χ4v) is 5.20. The highest BCUT2D eigenvalue weighted by atomic mass is 19.4. The number of fused-ring (bicyclic) bond motifs is 1. The molecule has 0 spiro atoms. The molecule has 1 saturated heterocycles. The second-order valence-corrected chi connectivity index (χ2v) is 9.75. The number of hydrogen-bond acceptors (Lipinski definition) is 2. The van der Waals surface area contributed by atoms with Gasteiger partial charge in [-0.15, -0.1) is 0 Å². The minimum Gasteiger partial charge on any atom is -0.350 e. The number of carbonyl (C=O) groups is 2. The first-order chi connectivity index (χ1) is 18.2. The Labute approximate surface area is 219 Å². The van der Waals surface area contributed by atoms with Crippen LogP contribution in [0.15, 0.2) is 85.1 Å². The summed E-state index contributed by atoms with van der Waals surface area (Å²) in [5.41, 5.74) is 2.21. The Morgan fingerprint density at radius 1 is 0.947 bits per heavy atom. The van der Waals surface area contributed by atoms with Crippen molar-refractivity contribution in [2.75, 3.05) is 13.1 Å². The molecule has 0 saturated carbocycles. The Kier molecular flexibility index (Phi) is 6.97. The van der Waals surface area contributed by atoms with Crippen LogP contribution in [0.3, 0.4) is 0 Å². The summed E-state index contributed by atoms with van der Waals surface area (Å²) in [6, 6.07) is 22.2. The van der Waals surface area contributed by atoms with E-state index in [-0.39, 0.29) is 30.9 Å². The second-order valence-electron chi connectivity index (χ2n) is 9.75. The van der Waals surface area contributed by atoms with E-state index < -0.39 is 11.7 Å². The lowest BCUT2D eigenvalue weighted by atomic mass is 9.99. The Balaban J connectivity index is 1.41. The fraction of sp³-hybridized carbons (Fsp3) is 0.267. The van der Waals surface area contributed by atoms with Crippen molar-refractivity contribution >= 4 is 22.7 Å². The molecule has 1 aliphatic heterocycles. The zero-order valence-electron chi connectivity index (χ0n) is 21.0. The standard InChI is InChI=1S/C30H28F3N3O2/c1-34-19-26(25-12-5-6-13-27(25)34)29(38)35-18-24(15-14-21-8-3-2-4-9-21)36(28(37)20-35)17-22-10-7-11-23(16-22)30(31,32)33/h2-13,16,19,24H,14-15,17-18,20H2,1H3/t24-/m0/s1. The van der Waals surface area contributed by atoms with Crippen LogP contribution in [0.4, 0.5) is 13.2 Å². The normalized spacial score (nSPS) is 16.3. The van der Waals surface area contributed by atoms with Crippen molar-refractivity contribution in [3.63, 3.8) is 0 Å². The van der Waals surface area contributed by atoms with Crippen LogP contribution in [0.1, 0.15) is 33.5 Å². The molecule has 0 aliphatic carbocycles. The lowest BCUT2D eigenvalue weighted by Crippen LogP contribution is -2.57. The first kappa shape index (κ1) is 25.6. The topological polar surface area (TPSA) is 45.6 Å². The highest BCUT2D eigenvalue weighted by molar-refractivity contribution is 6.08. The maximum absolute atomic E-state index is 13.6. The average Bonchev–Trinajstić information content (AvgIpc) is 3.25. The molecule has 38 heavy (non-hydrogen) atoms. The van der Waals surface area contributed by atoms with Crippen molar-refractivity contribution in [1.29, 1.82) is 0 Å². The van der Waals surface area contributed by atoms with Gasteiger partial charge in [0.05, 0.1) is 17.2 Å². The van der Waals surface area contributed by atoms with E-state index in [1.165, 1.54) is 6.07 Å². The van der Waals surface area contributed by atoms with Crippen LogP contribution in [0.5, 0.6) is 0 Å². The Morgan fingerprint density at radius 2 is 1.66 bits per heavy atom. The third kappa shape index (κ3) is 5.30. The van der Waals surface area contributed by atoms with E-state index in [2.05, 4.69) is 0 Å². The number of hydrogen-bond donors (Lipinski definition) is 0. The van der Waals surface area contributed by atoms with Crippen LogP contribution in [0, 0.1) is 0 Å². The number of nitrogens with zero attached hydrogens (tertiary/aromatic N) is 3. The molecule has 196 valence electrons. The zero-order chi connectivity index (χ0) is 26.9. The lowest BCUT2D eigenvalue weighted by Gasteiger charge is -2.41. The highest BCUT2D eigenvalue weighted by Crippen LogP contribution is 2.31. The van der Waals surface area contributed by atoms with Gasteiger partial charge in [0, 0.05) is 37.2 Å². The highest BCUT2D eigenvalue weighted by Gasteiger charge is 2.36. The summed E-state index contributed by atoms with van der Waals surface area (Å²) in [5, 5.41) is 0.819. The van der Waals surface area contributed by atoms with E-state index in [1.54, 1.807) is 22.1 Å². The molecule has 2 heterocycles. The maximum atomic E-state index is 13.6. The molecule has 5 nitrogen and oxygen atoms in total. The van der Waals surface area contributed by atoms with E-state index in [0.717, 1.165) is 28.6 Å². The van der Waals surface area contributed by atoms with Gasteiger partial charge in [0.1, 0.15) is 6.54 Å². The number of rotatable bonds is 6. The van der Waals surface area contributed by atoms with E-state index >= 15 is 0 Å². The van der Waals surface area contributed by atoms with Gasteiger partial charge in [-0.25, -0.2) is 0 Å². The molecule has 8 heteroatoms. The van der Waals surface area contributed by atoms with Crippen LogP contribution >= 0.6 is 0 Å². The molecule has 5 rings (SSSR count). The van der Waals surface area contributed by atoms with Crippen LogP contribution in [-0.2, 0) is 31.0 Å². The van der Waals surface area contributed by atoms with Crippen molar-refractivity contribution in [1.82, 2.24) is 14.4 Å². The third-order valence-corrected chi connectivity index (χ3v) is 7.15. The second kappa shape index (κ2) is 10.4. The summed E-state index contributed by atoms with van der Waals surface area (Å²) in [6.07, 6.45) is -1.43. The average molecular weight is 520 g/mol. The minimum absolute atomic E-state index is 0.0541. The Morgan fingerprint density at radius 3 is 2.42 bits per heavy atom. The summed E-state index contributed by atoms with van der Waals surface area (Å²) < 4.78 is 41.8. The van der Waals surface area contributed by atoms with E-state index in [0.29, 0.717) is 30.5 Å². The van der Waals surface area contributed by atoms with Gasteiger partial charge in [-0.3, -0.25) is 9.59 Å². The maximum Gasteiger partial charge on any atom is 0.416 e. The van der Waals surface area contributed by atoms with Gasteiger partial charge in [0.15, 0.2) is 0 Å². The van der Waals surface area contributed by atoms with Gasteiger partial charge in [0.25, 0.3) is 5.91 Å². The minimum atomic E-state index is -4.46. The molecule has 2 amide bonds. The van der Waals surface area contributed by atoms with Gasteiger partial charge in [-0.2, -0.15) is 13.2 Å². The number of benzene rings is 3. The summed E-state index contributed by atoms with van der Waals surface area (Å²) in [5.74, 6) is -0.501. The van der Waals surface area contributed by atoms with Crippen LogP contribution in [0.2, 0.25) is 0 Å². The first-order valence-electron chi connectivity index (χ1n) is 12.5. The molecular formula is C30H28F3N3O2. The Bertz CT molecular complexity index is 1460. The summed E-state index contributed by atoms with van der Waals surface area (Å²) in [7, 11) is 1.87. The number of alkyl halides is 3. The van der Waals surface area contributed by atoms with Crippen molar-refractivity contribution in [3.05, 3.63) is 107 Å². The van der Waals surface area contributed by atoms with Crippen molar-refractivity contribution in [3.8, 4) is 0 Å². The Hall–Kier alpha value is -4.07. The number of para-hydroxylation sites is 1. The SMILES string of the molecule is Cn1cc(C(=O)N2CC(=O)N(Cc3cccc(C(F)(F)F)c3)[C@@H](CCc3ccccc3)C2)c2ccccc21. The molecule has 1 aromatic heterocycles. The zero-order valence-corrected chi connectivity index (χ0v) is 21.0. The molecule has 0 N–H and O–H groups in total. The number of amides is 2. The molecule has 0 radical (unpaired) electrons. The van der Waals surface area contributed by atoms with E-state index in [9.17, 15) is 22.8 Å². The van der Waals surface area contributed by atoms with Gasteiger partial charge in [-0.05, 0) is 42.2 Å². The molecule has 1 fully saturated rings. The smallest absolute Gasteiger partial charge is 0.350 e. The number of aromatic nitrogens is 1. The van der Waals surface area contributed by atoms with E-state index in [4.69, 9.17) is 0 Å². The number of piperazine rings is 1. The predicted molar refractivity (Wildman–Crippen MR) is 139 cm³/mol. The molecule has 3 aromatic carbocycles. The molecule has 4 aromatic rings. The van der Waals surface area contributed by atoms with Crippen LogP contribution in [0.25, 0.3) is 10.9 Å². The van der Waals surface area contributed by atoms with Gasteiger partial charge >= 0.3 is 6.18 Å². The number of halogens is 3. The van der Waals surface area contributed by atoms with Crippen LogP contribution < -0.4 is 0 Å². The molecule has 0 bridgehead atoms. The lowest BCUT2D eigenvalue weighted by molar-refractivity contribution is -0.139. The summed E-state index contributed by atoms with van der Waals surface area (Å²) in [6.45, 7) is 0.237. The van der Waals surface area contributed by atoms with Gasteiger partial charge in [0.2, 0.25) is 5.91 Å². The van der Waals surface area contributed by atoms with Crippen molar-refractivity contribution in [2.45, 2.75) is 31.6 Å². The molecular weight excluding hydrogens is 491 g/mol. The van der Waals surface area contributed by atoms with Crippen molar-refractivity contribution in [2.24, 2.45) is 7.05 Å². The fourth-order valence-electron chi connectivity index (χ4n) is 5.20. The van der Waals surface area contributed by atoms with Gasteiger partial charge < -0.3 is 14.4 Å². The number of carbonyl (C=O) groups excluding carboxylic acids is 2. The molecule has 1 aliphatic rings. The predicted octanol–water partition coefficient (Wildman–Crippen LogP) is 5.68. The summed E-state index contributed by atoms with van der Waals surface area (Å²) >= 11 is 0. The van der Waals surface area contributed by atoms with Crippen molar-refractivity contribution < 1.29 is 22.8 Å². The summed E-state index contributed by atoms with van der Waals surface area (Å²) in [4.78, 5) is 30.3. The number of aryl methyl sites for hydroxylation is 2. The monoisotopic (exact) mass is 519 g/mol. The third-order valence-electron chi connectivity index (χ3n) is 7.15. The molecule has 1 atom stereocenters. The largest absolute Gasteiger partial charge is 0.416 e. The van der Waals surface area contributed by atoms with E-state index in [1.807, 2.05) is 66.2 Å². The first-order valence-corrected chi connectivity index (χ1v) is 12.5. The quantitative estimate of drug-likeness (QED) is 0.329.